The normalized spacial score (nSPS) is 11.5. The SMILES string of the molecule is COC(=O)CC[C@H](NC(=O)c1cccc(C)n1)C(=O)O. The lowest BCUT2D eigenvalue weighted by Gasteiger charge is -2.13. The molecule has 0 bridgehead atoms. The van der Waals surface area contributed by atoms with Crippen molar-refractivity contribution in [3.05, 3.63) is 29.6 Å². The number of nitrogens with one attached hydrogen (secondary N) is 1. The van der Waals surface area contributed by atoms with Crippen LogP contribution in [0.1, 0.15) is 29.0 Å². The maximum absolute atomic E-state index is 11.9. The molecule has 7 heteroatoms. The van der Waals surface area contributed by atoms with Gasteiger partial charge in [0.25, 0.3) is 5.91 Å². The van der Waals surface area contributed by atoms with E-state index < -0.39 is 23.9 Å². The summed E-state index contributed by atoms with van der Waals surface area (Å²) in [5.41, 5.74) is 0.786. The Hall–Kier alpha value is -2.44. The average Bonchev–Trinajstić information content (AvgIpc) is 2.42. The van der Waals surface area contributed by atoms with Crippen LogP contribution in [0.3, 0.4) is 0 Å². The van der Waals surface area contributed by atoms with Gasteiger partial charge in [0.05, 0.1) is 7.11 Å². The highest BCUT2D eigenvalue weighted by molar-refractivity contribution is 5.95. The minimum Gasteiger partial charge on any atom is -0.480 e. The summed E-state index contributed by atoms with van der Waals surface area (Å²) in [6, 6.07) is 3.70. The van der Waals surface area contributed by atoms with Gasteiger partial charge in [-0.25, -0.2) is 9.78 Å². The molecular weight excluding hydrogens is 264 g/mol. The van der Waals surface area contributed by atoms with Gasteiger partial charge in [0.2, 0.25) is 0 Å². The van der Waals surface area contributed by atoms with Gasteiger partial charge in [0.1, 0.15) is 11.7 Å². The number of pyridine rings is 1. The zero-order valence-electron chi connectivity index (χ0n) is 11.3. The number of amides is 1. The van der Waals surface area contributed by atoms with Gasteiger partial charge in [-0.2, -0.15) is 0 Å². The van der Waals surface area contributed by atoms with Gasteiger partial charge in [-0.3, -0.25) is 9.59 Å². The van der Waals surface area contributed by atoms with Gasteiger partial charge in [-0.05, 0) is 25.5 Å². The Morgan fingerprint density at radius 1 is 1.40 bits per heavy atom. The highest BCUT2D eigenvalue weighted by Crippen LogP contribution is 2.03. The van der Waals surface area contributed by atoms with E-state index in [1.54, 1.807) is 19.1 Å². The summed E-state index contributed by atoms with van der Waals surface area (Å²) in [7, 11) is 1.22. The maximum Gasteiger partial charge on any atom is 0.326 e. The van der Waals surface area contributed by atoms with E-state index in [4.69, 9.17) is 5.11 Å². The number of hydrogen-bond donors (Lipinski definition) is 2. The molecule has 1 amide bonds. The van der Waals surface area contributed by atoms with Crippen molar-refractivity contribution in [1.29, 1.82) is 0 Å². The molecule has 0 saturated heterocycles. The quantitative estimate of drug-likeness (QED) is 0.736. The number of esters is 1. The molecule has 1 atom stereocenters. The number of carboxylic acid groups (broad SMARTS) is 1. The topological polar surface area (TPSA) is 106 Å². The molecule has 0 saturated carbocycles. The van der Waals surface area contributed by atoms with Crippen molar-refractivity contribution < 1.29 is 24.2 Å². The first kappa shape index (κ1) is 15.6. The smallest absolute Gasteiger partial charge is 0.326 e. The van der Waals surface area contributed by atoms with Crippen LogP contribution >= 0.6 is 0 Å². The number of carboxylic acids is 1. The molecule has 108 valence electrons. The van der Waals surface area contributed by atoms with E-state index in [0.29, 0.717) is 5.69 Å². The highest BCUT2D eigenvalue weighted by atomic mass is 16.5. The number of aryl methyl sites for hydroxylation is 1. The standard InChI is InChI=1S/C13H16N2O5/c1-8-4-3-5-9(14-8)12(17)15-10(13(18)19)6-7-11(16)20-2/h3-5,10H,6-7H2,1-2H3,(H,15,17)(H,18,19)/t10-/m0/s1. The van der Waals surface area contributed by atoms with Crippen LogP contribution < -0.4 is 5.32 Å². The molecule has 2 N–H and O–H groups in total. The Bertz CT molecular complexity index is 515. The average molecular weight is 280 g/mol. The summed E-state index contributed by atoms with van der Waals surface area (Å²) in [5.74, 6) is -2.33. The molecule has 1 heterocycles. The fourth-order valence-electron chi connectivity index (χ4n) is 1.52. The van der Waals surface area contributed by atoms with Crippen molar-refractivity contribution in [2.45, 2.75) is 25.8 Å². The molecule has 20 heavy (non-hydrogen) atoms. The first-order valence-electron chi connectivity index (χ1n) is 5.98. The summed E-state index contributed by atoms with van der Waals surface area (Å²) in [4.78, 5) is 37.9. The first-order chi connectivity index (χ1) is 9.43. The second kappa shape index (κ2) is 7.22. The van der Waals surface area contributed by atoms with E-state index in [0.717, 1.165) is 0 Å². The molecule has 0 aliphatic carbocycles. The molecule has 7 nitrogen and oxygen atoms in total. The fourth-order valence-corrected chi connectivity index (χ4v) is 1.52. The van der Waals surface area contributed by atoms with Gasteiger partial charge in [0, 0.05) is 12.1 Å². The minimum absolute atomic E-state index is 0.0421. The number of carbonyl (C=O) groups excluding carboxylic acids is 2. The van der Waals surface area contributed by atoms with Crippen LogP contribution in [0.15, 0.2) is 18.2 Å². The summed E-state index contributed by atoms with van der Waals surface area (Å²) in [5, 5.41) is 11.4. The third-order valence-corrected chi connectivity index (χ3v) is 2.59. The molecule has 0 spiro atoms. The van der Waals surface area contributed by atoms with Crippen molar-refractivity contribution in [3.63, 3.8) is 0 Å². The maximum atomic E-state index is 11.9. The molecule has 1 aromatic heterocycles. The van der Waals surface area contributed by atoms with Crippen molar-refractivity contribution in [1.82, 2.24) is 10.3 Å². The number of aliphatic carboxylic acids is 1. The highest BCUT2D eigenvalue weighted by Gasteiger charge is 2.22. The van der Waals surface area contributed by atoms with E-state index in [2.05, 4.69) is 15.0 Å². The summed E-state index contributed by atoms with van der Waals surface area (Å²) >= 11 is 0. The zero-order valence-corrected chi connectivity index (χ0v) is 11.3. The van der Waals surface area contributed by atoms with Crippen molar-refractivity contribution in [2.75, 3.05) is 7.11 Å². The number of carbonyl (C=O) groups is 3. The second-order valence-corrected chi connectivity index (χ2v) is 4.14. The van der Waals surface area contributed by atoms with Crippen LogP contribution in [0.25, 0.3) is 0 Å². The van der Waals surface area contributed by atoms with Crippen LogP contribution in [0.4, 0.5) is 0 Å². The largest absolute Gasteiger partial charge is 0.480 e. The van der Waals surface area contributed by atoms with Gasteiger partial charge in [-0.15, -0.1) is 0 Å². The second-order valence-electron chi connectivity index (χ2n) is 4.14. The molecule has 0 aliphatic heterocycles. The Labute approximate surface area is 116 Å². The first-order valence-corrected chi connectivity index (χ1v) is 5.98. The van der Waals surface area contributed by atoms with Crippen LogP contribution in [0, 0.1) is 6.92 Å². The zero-order chi connectivity index (χ0) is 15.1. The lowest BCUT2D eigenvalue weighted by atomic mass is 10.1. The lowest BCUT2D eigenvalue weighted by molar-refractivity contribution is -0.142. The van der Waals surface area contributed by atoms with Crippen LogP contribution in [-0.2, 0) is 14.3 Å². The monoisotopic (exact) mass is 280 g/mol. The minimum atomic E-state index is -1.21. The Balaban J connectivity index is 2.68. The number of methoxy groups -OCH3 is 1. The molecule has 1 rings (SSSR count). The summed E-state index contributed by atoms with van der Waals surface area (Å²) in [6.07, 6.45) is -0.130. The molecular formula is C13H16N2O5. The Kier molecular flexibility index (Phi) is 5.64. The number of hydrogen-bond acceptors (Lipinski definition) is 5. The molecule has 0 radical (unpaired) electrons. The predicted molar refractivity (Wildman–Crippen MR) is 69.1 cm³/mol. The van der Waals surface area contributed by atoms with E-state index in [9.17, 15) is 14.4 Å². The van der Waals surface area contributed by atoms with Crippen LogP contribution in [0.5, 0.6) is 0 Å². The molecule has 1 aromatic rings. The van der Waals surface area contributed by atoms with Crippen molar-refractivity contribution in [2.24, 2.45) is 0 Å². The number of aromatic nitrogens is 1. The van der Waals surface area contributed by atoms with Crippen LogP contribution in [-0.4, -0.2) is 41.1 Å². The third kappa shape index (κ3) is 4.68. The van der Waals surface area contributed by atoms with Gasteiger partial charge in [-0.1, -0.05) is 6.07 Å². The van der Waals surface area contributed by atoms with Gasteiger partial charge in [0.15, 0.2) is 0 Å². The summed E-state index contributed by atoms with van der Waals surface area (Å²) < 4.78 is 4.43. The van der Waals surface area contributed by atoms with E-state index in [-0.39, 0.29) is 18.5 Å². The number of nitrogens with zero attached hydrogens (tertiary/aromatic N) is 1. The Morgan fingerprint density at radius 2 is 2.10 bits per heavy atom. The summed E-state index contributed by atoms with van der Waals surface area (Å²) in [6.45, 7) is 1.72. The molecule has 0 aromatic carbocycles. The lowest BCUT2D eigenvalue weighted by Crippen LogP contribution is -2.41. The number of rotatable bonds is 6. The van der Waals surface area contributed by atoms with E-state index in [1.807, 2.05) is 0 Å². The van der Waals surface area contributed by atoms with Gasteiger partial charge < -0.3 is 15.2 Å². The van der Waals surface area contributed by atoms with Gasteiger partial charge >= 0.3 is 11.9 Å². The van der Waals surface area contributed by atoms with E-state index >= 15 is 0 Å². The molecule has 0 fully saturated rings. The predicted octanol–water partition coefficient (Wildman–Crippen LogP) is 0.526. The fraction of sp³-hybridized carbons (Fsp3) is 0.385. The van der Waals surface area contributed by atoms with Crippen molar-refractivity contribution >= 4 is 17.8 Å². The molecule has 0 aliphatic rings. The van der Waals surface area contributed by atoms with E-state index in [1.165, 1.54) is 13.2 Å². The third-order valence-electron chi connectivity index (χ3n) is 2.59. The van der Waals surface area contributed by atoms with Crippen molar-refractivity contribution in [3.8, 4) is 0 Å². The van der Waals surface area contributed by atoms with Crippen LogP contribution in [0.2, 0.25) is 0 Å². The molecule has 0 unspecified atom stereocenters. The Morgan fingerprint density at radius 3 is 2.65 bits per heavy atom. The number of ether oxygens (including phenoxy) is 1.